The van der Waals surface area contributed by atoms with E-state index in [2.05, 4.69) is 28.0 Å². The van der Waals surface area contributed by atoms with Crippen LogP contribution in [0.25, 0.3) is 0 Å². The average molecular weight is 493 g/mol. The number of hydrogen-bond acceptors (Lipinski definition) is 8. The van der Waals surface area contributed by atoms with Gasteiger partial charge in [0.2, 0.25) is 11.8 Å². The Morgan fingerprint density at radius 2 is 1.85 bits per heavy atom. The molecule has 0 bridgehead atoms. The molecule has 0 aliphatic heterocycles. The lowest BCUT2D eigenvalue weighted by Gasteiger charge is -2.33. The molecule has 10 nitrogen and oxygen atoms in total. The summed E-state index contributed by atoms with van der Waals surface area (Å²) in [6.07, 6.45) is -0.838. The molecule has 0 heterocycles. The summed E-state index contributed by atoms with van der Waals surface area (Å²) in [5.41, 5.74) is 1.31. The van der Waals surface area contributed by atoms with Crippen molar-refractivity contribution in [3.63, 3.8) is 0 Å². The van der Waals surface area contributed by atoms with Crippen molar-refractivity contribution in [2.75, 3.05) is 26.0 Å². The molecule has 0 spiro atoms. The van der Waals surface area contributed by atoms with E-state index in [1.807, 2.05) is 19.1 Å². The van der Waals surface area contributed by atoms with E-state index in [1.54, 1.807) is 39.8 Å². The molecule has 0 radical (unpaired) electrons. The topological polar surface area (TPSA) is 138 Å². The highest BCUT2D eigenvalue weighted by Crippen LogP contribution is 2.26. The molecule has 2 unspecified atom stereocenters. The van der Waals surface area contributed by atoms with E-state index in [0.29, 0.717) is 11.1 Å². The summed E-state index contributed by atoms with van der Waals surface area (Å²) in [5.74, 6) is -2.17. The van der Waals surface area contributed by atoms with Gasteiger partial charge in [-0.15, -0.1) is 0 Å². The van der Waals surface area contributed by atoms with E-state index in [4.69, 9.17) is 4.74 Å². The van der Waals surface area contributed by atoms with Crippen molar-refractivity contribution in [3.05, 3.63) is 34.9 Å². The third-order valence-electron chi connectivity index (χ3n) is 4.61. The maximum Gasteiger partial charge on any atom is 0.408 e. The van der Waals surface area contributed by atoms with Crippen LogP contribution >= 0.6 is 12.6 Å². The van der Waals surface area contributed by atoms with Crippen molar-refractivity contribution >= 4 is 36.5 Å². The molecular weight excluding hydrogens is 460 g/mol. The van der Waals surface area contributed by atoms with E-state index in [-0.39, 0.29) is 5.75 Å². The molecule has 0 aromatic heterocycles. The Balaban J connectivity index is 3.39. The van der Waals surface area contributed by atoms with E-state index in [0.717, 1.165) is 10.5 Å². The van der Waals surface area contributed by atoms with Crippen molar-refractivity contribution in [2.24, 2.45) is 0 Å². The molecule has 0 saturated carbocycles. The van der Waals surface area contributed by atoms with E-state index < -0.39 is 54.7 Å². The Morgan fingerprint density at radius 1 is 1.21 bits per heavy atom. The van der Waals surface area contributed by atoms with Gasteiger partial charge in [0.1, 0.15) is 30.8 Å². The standard InChI is InChI=1S/C23H32N4O6S/c1-14-7-8-16(15(2)11-14)19(20(29)25-12-18(28)32-6)27(10-9-24)21(30)17(13-34)26-22(31)33-23(3,4)5/h7-8,11,17,19,34H,10,12-13H2,1-6H3,(H,25,29)(H,26,31). The summed E-state index contributed by atoms with van der Waals surface area (Å²) >= 11 is 4.16. The van der Waals surface area contributed by atoms with Gasteiger partial charge < -0.3 is 25.0 Å². The number of aryl methyl sites for hydroxylation is 2. The largest absolute Gasteiger partial charge is 0.468 e. The fraction of sp³-hybridized carbons (Fsp3) is 0.522. The van der Waals surface area contributed by atoms with Crippen LogP contribution in [0.5, 0.6) is 0 Å². The first-order valence-electron chi connectivity index (χ1n) is 10.5. The zero-order valence-corrected chi connectivity index (χ0v) is 21.2. The van der Waals surface area contributed by atoms with Crippen LogP contribution in [0.15, 0.2) is 18.2 Å². The van der Waals surface area contributed by atoms with Gasteiger partial charge >= 0.3 is 12.1 Å². The molecule has 186 valence electrons. The summed E-state index contributed by atoms with van der Waals surface area (Å²) in [5, 5.41) is 14.3. The number of nitriles is 1. The van der Waals surface area contributed by atoms with E-state index in [1.165, 1.54) is 7.11 Å². The second-order valence-corrected chi connectivity index (χ2v) is 8.93. The maximum atomic E-state index is 13.4. The highest BCUT2D eigenvalue weighted by atomic mass is 32.1. The minimum atomic E-state index is -1.25. The van der Waals surface area contributed by atoms with Gasteiger partial charge in [-0.3, -0.25) is 14.4 Å². The number of nitrogens with one attached hydrogen (secondary N) is 2. The van der Waals surface area contributed by atoms with Crippen LogP contribution in [0.2, 0.25) is 0 Å². The number of amides is 3. The minimum absolute atomic E-state index is 0.108. The van der Waals surface area contributed by atoms with Gasteiger partial charge in [0.15, 0.2) is 0 Å². The number of nitrogens with zero attached hydrogens (tertiary/aromatic N) is 2. The first-order chi connectivity index (χ1) is 15.8. The van der Waals surface area contributed by atoms with Crippen molar-refractivity contribution in [1.82, 2.24) is 15.5 Å². The van der Waals surface area contributed by atoms with Crippen LogP contribution in [-0.4, -0.2) is 66.4 Å². The smallest absolute Gasteiger partial charge is 0.408 e. The molecule has 2 atom stereocenters. The maximum absolute atomic E-state index is 13.4. The number of hydrogen-bond donors (Lipinski definition) is 3. The monoisotopic (exact) mass is 492 g/mol. The van der Waals surface area contributed by atoms with Gasteiger partial charge in [-0.05, 0) is 45.7 Å². The molecule has 34 heavy (non-hydrogen) atoms. The molecule has 0 aliphatic rings. The SMILES string of the molecule is COC(=O)CNC(=O)C(c1ccc(C)cc1C)N(CC#N)C(=O)C(CS)NC(=O)OC(C)(C)C. The summed E-state index contributed by atoms with van der Waals surface area (Å²) in [6.45, 7) is 7.80. The van der Waals surface area contributed by atoms with E-state index in [9.17, 15) is 24.4 Å². The summed E-state index contributed by atoms with van der Waals surface area (Å²) in [7, 11) is 1.18. The number of ether oxygens (including phenoxy) is 2. The van der Waals surface area contributed by atoms with Crippen LogP contribution < -0.4 is 10.6 Å². The van der Waals surface area contributed by atoms with Crippen LogP contribution in [-0.2, 0) is 23.9 Å². The fourth-order valence-electron chi connectivity index (χ4n) is 3.12. The number of esters is 1. The predicted molar refractivity (Wildman–Crippen MR) is 128 cm³/mol. The second kappa shape index (κ2) is 12.8. The number of carbonyl (C=O) groups is 4. The molecule has 1 aromatic carbocycles. The van der Waals surface area contributed by atoms with Gasteiger partial charge in [0.25, 0.3) is 0 Å². The molecule has 1 aromatic rings. The van der Waals surface area contributed by atoms with Crippen LogP contribution in [0.3, 0.4) is 0 Å². The van der Waals surface area contributed by atoms with Gasteiger partial charge in [0, 0.05) is 5.75 Å². The first-order valence-corrected chi connectivity index (χ1v) is 11.2. The number of methoxy groups -OCH3 is 1. The van der Waals surface area contributed by atoms with E-state index >= 15 is 0 Å². The van der Waals surface area contributed by atoms with Crippen LogP contribution in [0, 0.1) is 25.2 Å². The quantitative estimate of drug-likeness (QED) is 0.271. The van der Waals surface area contributed by atoms with Crippen molar-refractivity contribution in [3.8, 4) is 6.07 Å². The van der Waals surface area contributed by atoms with Gasteiger partial charge in [-0.2, -0.15) is 17.9 Å². The number of thiol groups is 1. The lowest BCUT2D eigenvalue weighted by Crippen LogP contribution is -2.54. The zero-order valence-electron chi connectivity index (χ0n) is 20.3. The highest BCUT2D eigenvalue weighted by molar-refractivity contribution is 7.80. The number of benzene rings is 1. The Morgan fingerprint density at radius 3 is 2.35 bits per heavy atom. The second-order valence-electron chi connectivity index (χ2n) is 8.56. The van der Waals surface area contributed by atoms with Gasteiger partial charge in [0.05, 0.1) is 13.2 Å². The third-order valence-corrected chi connectivity index (χ3v) is 4.98. The Bertz CT molecular complexity index is 954. The molecule has 1 rings (SSSR count). The Labute approximate surface area is 205 Å². The van der Waals surface area contributed by atoms with Crippen molar-refractivity contribution < 1.29 is 28.7 Å². The lowest BCUT2D eigenvalue weighted by molar-refractivity contribution is -0.144. The number of carbonyl (C=O) groups excluding carboxylic acids is 4. The molecule has 2 N–H and O–H groups in total. The van der Waals surface area contributed by atoms with Crippen molar-refractivity contribution in [2.45, 2.75) is 52.3 Å². The van der Waals surface area contributed by atoms with Gasteiger partial charge in [-0.1, -0.05) is 23.8 Å². The molecule has 0 saturated heterocycles. The number of alkyl carbamates (subject to hydrolysis) is 1. The molecule has 11 heteroatoms. The Kier molecular flexibility index (Phi) is 10.9. The fourth-order valence-corrected chi connectivity index (χ4v) is 3.37. The summed E-state index contributed by atoms with van der Waals surface area (Å²) < 4.78 is 9.77. The van der Waals surface area contributed by atoms with Crippen LogP contribution in [0.4, 0.5) is 4.79 Å². The summed E-state index contributed by atoms with van der Waals surface area (Å²) in [4.78, 5) is 51.5. The number of rotatable bonds is 9. The lowest BCUT2D eigenvalue weighted by atomic mass is 9.96. The van der Waals surface area contributed by atoms with Crippen molar-refractivity contribution in [1.29, 1.82) is 5.26 Å². The minimum Gasteiger partial charge on any atom is -0.468 e. The molecule has 0 aliphatic carbocycles. The molecule has 0 fully saturated rings. The zero-order chi connectivity index (χ0) is 26.1. The first kappa shape index (κ1) is 28.8. The predicted octanol–water partition coefficient (Wildman–Crippen LogP) is 1.81. The Hall–Kier alpha value is -3.26. The molecular formula is C23H32N4O6S. The summed E-state index contributed by atoms with van der Waals surface area (Å²) in [6, 6.07) is 4.76. The highest BCUT2D eigenvalue weighted by Gasteiger charge is 2.36. The average Bonchev–Trinajstić information content (AvgIpc) is 2.74. The molecule has 3 amide bonds. The normalized spacial score (nSPS) is 12.5. The van der Waals surface area contributed by atoms with Crippen LogP contribution in [0.1, 0.15) is 43.5 Å². The third kappa shape index (κ3) is 8.59. The van der Waals surface area contributed by atoms with Gasteiger partial charge in [-0.25, -0.2) is 4.79 Å².